The van der Waals surface area contributed by atoms with E-state index >= 15 is 0 Å². The number of carbonyl (C=O) groups excluding carboxylic acids is 3. The Morgan fingerprint density at radius 2 is 1.94 bits per heavy atom. The molecule has 1 saturated heterocycles. The number of carbonyl (C=O) groups is 3. The topological polar surface area (TPSA) is 106 Å². The second-order valence-corrected chi connectivity index (χ2v) is 7.52. The number of amides is 2. The van der Waals surface area contributed by atoms with Gasteiger partial charge in [0.15, 0.2) is 6.61 Å². The van der Waals surface area contributed by atoms with E-state index in [1.807, 2.05) is 12.1 Å². The molecule has 0 bridgehead atoms. The minimum absolute atomic E-state index is 0.00778. The van der Waals surface area contributed by atoms with E-state index in [4.69, 9.17) is 14.2 Å². The lowest BCUT2D eigenvalue weighted by Crippen LogP contribution is -2.36. The number of anilines is 3. The fraction of sp³-hybridized carbons (Fsp3) is 0.348. The maximum absolute atomic E-state index is 12.5. The molecule has 1 fully saturated rings. The fourth-order valence-electron chi connectivity index (χ4n) is 3.72. The first kappa shape index (κ1) is 21.6. The maximum Gasteiger partial charge on any atom is 0.340 e. The average molecular weight is 439 g/mol. The van der Waals surface area contributed by atoms with Crippen molar-refractivity contribution in [2.75, 3.05) is 55.6 Å². The van der Waals surface area contributed by atoms with Crippen molar-refractivity contribution in [3.8, 4) is 5.75 Å². The Balaban J connectivity index is 1.42. The molecular weight excluding hydrogens is 414 g/mol. The van der Waals surface area contributed by atoms with Gasteiger partial charge in [-0.3, -0.25) is 9.59 Å². The summed E-state index contributed by atoms with van der Waals surface area (Å²) in [6.07, 6.45) is 1.05. The molecule has 2 aliphatic rings. The van der Waals surface area contributed by atoms with Crippen molar-refractivity contribution < 1.29 is 28.6 Å². The SMILES string of the molecule is COC(=O)c1cc(N2CCOCC2)ccc1NC(=O)COc1ccc2c(c1)CCC(=O)N2. The zero-order chi connectivity index (χ0) is 22.5. The molecule has 9 heteroatoms. The number of hydrogen-bond acceptors (Lipinski definition) is 7. The molecule has 2 aromatic carbocycles. The molecule has 0 unspecified atom stereocenters. The molecule has 9 nitrogen and oxygen atoms in total. The number of aryl methyl sites for hydroxylation is 1. The van der Waals surface area contributed by atoms with Crippen LogP contribution in [0.4, 0.5) is 17.1 Å². The summed E-state index contributed by atoms with van der Waals surface area (Å²) >= 11 is 0. The molecule has 0 atom stereocenters. The Hall–Kier alpha value is -3.59. The fourth-order valence-corrected chi connectivity index (χ4v) is 3.72. The largest absolute Gasteiger partial charge is 0.484 e. The first-order chi connectivity index (χ1) is 15.5. The molecule has 2 aromatic rings. The third kappa shape index (κ3) is 5.00. The first-order valence-electron chi connectivity index (χ1n) is 10.4. The van der Waals surface area contributed by atoms with Crippen molar-refractivity contribution in [3.05, 3.63) is 47.5 Å². The van der Waals surface area contributed by atoms with Crippen molar-refractivity contribution in [3.63, 3.8) is 0 Å². The standard InChI is InChI=1S/C23H25N3O6/c1-30-23(29)18-13-16(26-8-10-31-11-9-26)3-5-20(18)25-22(28)14-32-17-4-6-19-15(12-17)2-7-21(27)24-19/h3-6,12-13H,2,7-11,14H2,1H3,(H,24,27)(H,25,28). The smallest absolute Gasteiger partial charge is 0.340 e. The summed E-state index contributed by atoms with van der Waals surface area (Å²) in [7, 11) is 1.30. The second-order valence-electron chi connectivity index (χ2n) is 7.52. The Kier molecular flexibility index (Phi) is 6.55. The van der Waals surface area contributed by atoms with Gasteiger partial charge in [-0.05, 0) is 48.4 Å². The third-order valence-electron chi connectivity index (χ3n) is 5.40. The Morgan fingerprint density at radius 3 is 2.72 bits per heavy atom. The lowest BCUT2D eigenvalue weighted by atomic mass is 10.0. The molecule has 168 valence electrons. The minimum Gasteiger partial charge on any atom is -0.484 e. The number of nitrogens with one attached hydrogen (secondary N) is 2. The molecule has 0 aliphatic carbocycles. The van der Waals surface area contributed by atoms with Gasteiger partial charge in [-0.15, -0.1) is 0 Å². The zero-order valence-corrected chi connectivity index (χ0v) is 17.8. The molecular formula is C23H25N3O6. The molecule has 32 heavy (non-hydrogen) atoms. The van der Waals surface area contributed by atoms with Gasteiger partial charge >= 0.3 is 5.97 Å². The number of ether oxygens (including phenoxy) is 3. The molecule has 2 aliphatic heterocycles. The van der Waals surface area contributed by atoms with E-state index in [2.05, 4.69) is 15.5 Å². The van der Waals surface area contributed by atoms with Crippen LogP contribution in [0.3, 0.4) is 0 Å². The quantitative estimate of drug-likeness (QED) is 0.665. The van der Waals surface area contributed by atoms with Gasteiger partial charge in [0.25, 0.3) is 5.91 Å². The van der Waals surface area contributed by atoms with Crippen LogP contribution in [0, 0.1) is 0 Å². The number of morpholine rings is 1. The lowest BCUT2D eigenvalue weighted by Gasteiger charge is -2.29. The van der Waals surface area contributed by atoms with Crippen molar-refractivity contribution >= 4 is 34.8 Å². The minimum atomic E-state index is -0.534. The Bertz CT molecular complexity index is 1030. The summed E-state index contributed by atoms with van der Waals surface area (Å²) in [5.41, 5.74) is 3.23. The van der Waals surface area contributed by atoms with Crippen LogP contribution in [-0.2, 0) is 25.5 Å². The molecule has 0 spiro atoms. The van der Waals surface area contributed by atoms with E-state index < -0.39 is 11.9 Å². The van der Waals surface area contributed by atoms with Gasteiger partial charge in [-0.25, -0.2) is 4.79 Å². The normalized spacial score (nSPS) is 15.4. The van der Waals surface area contributed by atoms with Crippen molar-refractivity contribution in [2.45, 2.75) is 12.8 Å². The van der Waals surface area contributed by atoms with Gasteiger partial charge < -0.3 is 29.7 Å². The highest BCUT2D eigenvalue weighted by Crippen LogP contribution is 2.27. The van der Waals surface area contributed by atoms with Crippen LogP contribution in [-0.4, -0.2) is 57.8 Å². The monoisotopic (exact) mass is 439 g/mol. The number of nitrogens with zero attached hydrogens (tertiary/aromatic N) is 1. The van der Waals surface area contributed by atoms with E-state index in [0.29, 0.717) is 37.5 Å². The molecule has 2 heterocycles. The number of rotatable bonds is 6. The predicted octanol–water partition coefficient (Wildman–Crippen LogP) is 2.21. The van der Waals surface area contributed by atoms with E-state index in [-0.39, 0.29) is 18.1 Å². The third-order valence-corrected chi connectivity index (χ3v) is 5.40. The van der Waals surface area contributed by atoms with E-state index in [0.717, 1.165) is 30.0 Å². The van der Waals surface area contributed by atoms with Gasteiger partial charge in [0.2, 0.25) is 5.91 Å². The van der Waals surface area contributed by atoms with Crippen LogP contribution in [0.2, 0.25) is 0 Å². The van der Waals surface area contributed by atoms with Gasteiger partial charge in [0.05, 0.1) is 31.6 Å². The van der Waals surface area contributed by atoms with E-state index in [9.17, 15) is 14.4 Å². The van der Waals surface area contributed by atoms with Gasteiger partial charge in [-0.2, -0.15) is 0 Å². The van der Waals surface area contributed by atoms with Crippen LogP contribution in [0.15, 0.2) is 36.4 Å². The van der Waals surface area contributed by atoms with Crippen molar-refractivity contribution in [1.82, 2.24) is 0 Å². The van der Waals surface area contributed by atoms with E-state index in [1.165, 1.54) is 7.11 Å². The molecule has 2 N–H and O–H groups in total. The summed E-state index contributed by atoms with van der Waals surface area (Å²) < 4.78 is 15.9. The van der Waals surface area contributed by atoms with Crippen LogP contribution < -0.4 is 20.3 Å². The molecule has 0 radical (unpaired) electrons. The van der Waals surface area contributed by atoms with Crippen LogP contribution in [0.25, 0.3) is 0 Å². The highest BCUT2D eigenvalue weighted by Gasteiger charge is 2.19. The Labute approximate surface area is 185 Å². The van der Waals surface area contributed by atoms with Crippen molar-refractivity contribution in [2.24, 2.45) is 0 Å². The molecule has 2 amide bonds. The molecule has 0 saturated carbocycles. The van der Waals surface area contributed by atoms with Crippen molar-refractivity contribution in [1.29, 1.82) is 0 Å². The number of methoxy groups -OCH3 is 1. The molecule has 4 rings (SSSR count). The lowest BCUT2D eigenvalue weighted by molar-refractivity contribution is -0.118. The summed E-state index contributed by atoms with van der Waals surface area (Å²) in [5, 5.41) is 5.54. The highest BCUT2D eigenvalue weighted by molar-refractivity contribution is 6.02. The van der Waals surface area contributed by atoms with Gasteiger partial charge in [-0.1, -0.05) is 0 Å². The predicted molar refractivity (Wildman–Crippen MR) is 118 cm³/mol. The summed E-state index contributed by atoms with van der Waals surface area (Å²) in [6, 6.07) is 10.5. The number of esters is 1. The summed E-state index contributed by atoms with van der Waals surface area (Å²) in [6.45, 7) is 2.48. The maximum atomic E-state index is 12.5. The second kappa shape index (κ2) is 9.69. The molecule has 0 aromatic heterocycles. The average Bonchev–Trinajstić information content (AvgIpc) is 2.83. The van der Waals surface area contributed by atoms with E-state index in [1.54, 1.807) is 24.3 Å². The van der Waals surface area contributed by atoms with Gasteiger partial charge in [0, 0.05) is 30.9 Å². The summed E-state index contributed by atoms with van der Waals surface area (Å²) in [5.74, 6) is -0.411. The Morgan fingerprint density at radius 1 is 1.12 bits per heavy atom. The summed E-state index contributed by atoms with van der Waals surface area (Å²) in [4.78, 5) is 38.4. The van der Waals surface area contributed by atoms with Crippen LogP contribution in [0.5, 0.6) is 5.75 Å². The number of fused-ring (bicyclic) bond motifs is 1. The van der Waals surface area contributed by atoms with Crippen LogP contribution in [0.1, 0.15) is 22.3 Å². The van der Waals surface area contributed by atoms with Gasteiger partial charge in [0.1, 0.15) is 5.75 Å². The van der Waals surface area contributed by atoms with Crippen LogP contribution >= 0.6 is 0 Å². The highest BCUT2D eigenvalue weighted by atomic mass is 16.5. The first-order valence-corrected chi connectivity index (χ1v) is 10.4. The number of hydrogen-bond donors (Lipinski definition) is 2. The number of benzene rings is 2. The zero-order valence-electron chi connectivity index (χ0n) is 17.8.